The lowest BCUT2D eigenvalue weighted by Crippen LogP contribution is -2.47. The highest BCUT2D eigenvalue weighted by molar-refractivity contribution is 5.58. The van der Waals surface area contributed by atoms with Gasteiger partial charge in [-0.25, -0.2) is 9.97 Å². The molecular weight excluding hydrogens is 350 g/mol. The first kappa shape index (κ1) is 17.7. The highest BCUT2D eigenvalue weighted by Gasteiger charge is 2.19. The molecule has 0 saturated carbocycles. The van der Waals surface area contributed by atoms with E-state index in [0.717, 1.165) is 49.2 Å². The largest absolute Gasteiger partial charge is 0.353 e. The Kier molecular flexibility index (Phi) is 5.02. The molecule has 7 heteroatoms. The fourth-order valence-electron chi connectivity index (χ4n) is 3.27. The number of hydrogen-bond donors (Lipinski definition) is 1. The molecule has 1 aliphatic rings. The summed E-state index contributed by atoms with van der Waals surface area (Å²) in [5.74, 6) is 2.46. The van der Waals surface area contributed by atoms with Crippen LogP contribution in [0, 0.1) is 18.3 Å². The first-order chi connectivity index (χ1) is 13.7. The molecule has 0 unspecified atom stereocenters. The van der Waals surface area contributed by atoms with Gasteiger partial charge in [0.05, 0.1) is 11.6 Å². The maximum Gasteiger partial charge on any atom is 0.229 e. The van der Waals surface area contributed by atoms with Gasteiger partial charge in [0.25, 0.3) is 0 Å². The van der Waals surface area contributed by atoms with Gasteiger partial charge in [-0.1, -0.05) is 12.1 Å². The number of rotatable bonds is 4. The van der Waals surface area contributed by atoms with Gasteiger partial charge in [0, 0.05) is 49.8 Å². The number of piperazine rings is 1. The van der Waals surface area contributed by atoms with Crippen molar-refractivity contribution in [2.75, 3.05) is 41.3 Å². The Hall–Kier alpha value is -3.66. The van der Waals surface area contributed by atoms with Crippen molar-refractivity contribution < 1.29 is 0 Å². The standard InChI is InChI=1S/C21H21N7/c1-16-13-20(26-21(24-16)25-18-6-4-5-17(14-18)15-22)28-11-9-27(10-12-28)19-7-2-3-8-23-19/h2-8,13-14H,9-12H2,1H3,(H,24,25,26). The van der Waals surface area contributed by atoms with Crippen molar-refractivity contribution in [2.45, 2.75) is 6.92 Å². The van der Waals surface area contributed by atoms with Crippen LogP contribution in [0.5, 0.6) is 0 Å². The minimum absolute atomic E-state index is 0.539. The molecule has 0 aliphatic carbocycles. The van der Waals surface area contributed by atoms with Crippen molar-refractivity contribution in [1.82, 2.24) is 15.0 Å². The van der Waals surface area contributed by atoms with Crippen molar-refractivity contribution >= 4 is 23.3 Å². The molecule has 1 N–H and O–H groups in total. The minimum atomic E-state index is 0.539. The third-order valence-corrected chi connectivity index (χ3v) is 4.67. The summed E-state index contributed by atoms with van der Waals surface area (Å²) in [6.07, 6.45) is 1.83. The molecule has 140 valence electrons. The Morgan fingerprint density at radius 1 is 0.929 bits per heavy atom. The molecule has 1 saturated heterocycles. The Balaban J connectivity index is 1.48. The van der Waals surface area contributed by atoms with Gasteiger partial charge in [-0.2, -0.15) is 10.2 Å². The van der Waals surface area contributed by atoms with Crippen LogP contribution >= 0.6 is 0 Å². The first-order valence-corrected chi connectivity index (χ1v) is 9.25. The molecule has 3 heterocycles. The maximum absolute atomic E-state index is 9.07. The molecule has 7 nitrogen and oxygen atoms in total. The highest BCUT2D eigenvalue weighted by Crippen LogP contribution is 2.21. The van der Waals surface area contributed by atoms with E-state index in [1.807, 2.05) is 49.5 Å². The van der Waals surface area contributed by atoms with Crippen LogP contribution in [0.15, 0.2) is 54.7 Å². The molecule has 0 spiro atoms. The van der Waals surface area contributed by atoms with Crippen LogP contribution in [0.3, 0.4) is 0 Å². The molecule has 0 atom stereocenters. The van der Waals surface area contributed by atoms with E-state index in [1.165, 1.54) is 0 Å². The van der Waals surface area contributed by atoms with Crippen LogP contribution in [0.1, 0.15) is 11.3 Å². The molecule has 0 amide bonds. The molecule has 1 aromatic carbocycles. The van der Waals surface area contributed by atoms with E-state index in [0.29, 0.717) is 11.5 Å². The average Bonchev–Trinajstić information content (AvgIpc) is 2.74. The average molecular weight is 371 g/mol. The molecule has 1 fully saturated rings. The van der Waals surface area contributed by atoms with Gasteiger partial charge in [0.15, 0.2) is 0 Å². The number of hydrogen-bond acceptors (Lipinski definition) is 7. The molecule has 0 bridgehead atoms. The van der Waals surface area contributed by atoms with Gasteiger partial charge < -0.3 is 15.1 Å². The number of anilines is 4. The number of benzene rings is 1. The van der Waals surface area contributed by atoms with Crippen molar-refractivity contribution in [2.24, 2.45) is 0 Å². The molecule has 4 rings (SSSR count). The van der Waals surface area contributed by atoms with Gasteiger partial charge in [0.1, 0.15) is 11.6 Å². The van der Waals surface area contributed by atoms with Crippen molar-refractivity contribution in [1.29, 1.82) is 5.26 Å². The lowest BCUT2D eigenvalue weighted by atomic mass is 10.2. The Bertz CT molecular complexity index is 989. The third kappa shape index (κ3) is 4.01. The molecule has 2 aromatic heterocycles. The summed E-state index contributed by atoms with van der Waals surface area (Å²) in [6, 6.07) is 17.5. The smallest absolute Gasteiger partial charge is 0.229 e. The summed E-state index contributed by atoms with van der Waals surface area (Å²) < 4.78 is 0. The SMILES string of the molecule is Cc1cc(N2CCN(c3ccccn3)CC2)nc(Nc2cccc(C#N)c2)n1. The van der Waals surface area contributed by atoms with E-state index in [4.69, 9.17) is 10.2 Å². The van der Waals surface area contributed by atoms with Crippen molar-refractivity contribution in [3.8, 4) is 6.07 Å². The maximum atomic E-state index is 9.07. The zero-order valence-electron chi connectivity index (χ0n) is 15.7. The number of aromatic nitrogens is 3. The van der Waals surface area contributed by atoms with Crippen molar-refractivity contribution in [3.05, 3.63) is 66.0 Å². The summed E-state index contributed by atoms with van der Waals surface area (Å²) >= 11 is 0. The van der Waals surface area contributed by atoms with Crippen LogP contribution in [0.4, 0.5) is 23.3 Å². The fraction of sp³-hybridized carbons (Fsp3) is 0.238. The minimum Gasteiger partial charge on any atom is -0.353 e. The first-order valence-electron chi connectivity index (χ1n) is 9.25. The van der Waals surface area contributed by atoms with Gasteiger partial charge >= 0.3 is 0 Å². The van der Waals surface area contributed by atoms with E-state index in [2.05, 4.69) is 31.2 Å². The number of nitrogens with one attached hydrogen (secondary N) is 1. The Morgan fingerprint density at radius 2 is 1.71 bits per heavy atom. The summed E-state index contributed by atoms with van der Waals surface area (Å²) in [7, 11) is 0. The molecule has 3 aromatic rings. The Labute approximate surface area is 164 Å². The van der Waals surface area contributed by atoms with E-state index < -0.39 is 0 Å². The zero-order chi connectivity index (χ0) is 19.3. The van der Waals surface area contributed by atoms with Gasteiger partial charge in [-0.05, 0) is 37.3 Å². The second-order valence-electron chi connectivity index (χ2n) is 6.67. The van der Waals surface area contributed by atoms with Gasteiger partial charge in [-0.15, -0.1) is 0 Å². The second-order valence-corrected chi connectivity index (χ2v) is 6.67. The van der Waals surface area contributed by atoms with Crippen LogP contribution < -0.4 is 15.1 Å². The number of nitrogens with zero attached hydrogens (tertiary/aromatic N) is 6. The quantitative estimate of drug-likeness (QED) is 0.754. The normalized spacial score (nSPS) is 13.9. The monoisotopic (exact) mass is 371 g/mol. The van der Waals surface area contributed by atoms with Gasteiger partial charge in [-0.3, -0.25) is 0 Å². The summed E-state index contributed by atoms with van der Waals surface area (Å²) in [6.45, 7) is 5.50. The summed E-state index contributed by atoms with van der Waals surface area (Å²) in [5, 5.41) is 12.3. The van der Waals surface area contributed by atoms with E-state index in [-0.39, 0.29) is 0 Å². The number of aryl methyl sites for hydroxylation is 1. The van der Waals surface area contributed by atoms with E-state index >= 15 is 0 Å². The summed E-state index contributed by atoms with van der Waals surface area (Å²) in [4.78, 5) is 18.2. The van der Waals surface area contributed by atoms with E-state index in [9.17, 15) is 0 Å². The van der Waals surface area contributed by atoms with Gasteiger partial charge in [0.2, 0.25) is 5.95 Å². The molecule has 1 aliphatic heterocycles. The molecular formula is C21H21N7. The van der Waals surface area contributed by atoms with Crippen LogP contribution in [0.25, 0.3) is 0 Å². The molecule has 0 radical (unpaired) electrons. The lowest BCUT2D eigenvalue weighted by molar-refractivity contribution is 0.641. The topological polar surface area (TPSA) is 81.0 Å². The van der Waals surface area contributed by atoms with Crippen LogP contribution in [-0.2, 0) is 0 Å². The zero-order valence-corrected chi connectivity index (χ0v) is 15.7. The van der Waals surface area contributed by atoms with Crippen LogP contribution in [-0.4, -0.2) is 41.1 Å². The Morgan fingerprint density at radius 3 is 2.43 bits per heavy atom. The molecule has 28 heavy (non-hydrogen) atoms. The van der Waals surface area contributed by atoms with E-state index in [1.54, 1.807) is 12.1 Å². The number of nitriles is 1. The van der Waals surface area contributed by atoms with Crippen LogP contribution in [0.2, 0.25) is 0 Å². The predicted molar refractivity (Wildman–Crippen MR) is 110 cm³/mol. The summed E-state index contributed by atoms with van der Waals surface area (Å²) in [5.41, 5.74) is 2.30. The lowest BCUT2D eigenvalue weighted by Gasteiger charge is -2.36. The third-order valence-electron chi connectivity index (χ3n) is 4.67. The number of pyridine rings is 1. The fourth-order valence-corrected chi connectivity index (χ4v) is 3.27. The van der Waals surface area contributed by atoms with Crippen molar-refractivity contribution in [3.63, 3.8) is 0 Å². The predicted octanol–water partition coefficient (Wildman–Crippen LogP) is 3.12. The second kappa shape index (κ2) is 7.92. The highest BCUT2D eigenvalue weighted by atomic mass is 15.3.